The number of hydrogen-bond acceptors (Lipinski definition) is 2. The quantitative estimate of drug-likeness (QED) is 0.909. The number of nitrogens with one attached hydrogen (secondary N) is 1. The highest BCUT2D eigenvalue weighted by molar-refractivity contribution is 5.42. The van der Waals surface area contributed by atoms with Gasteiger partial charge in [-0.25, -0.2) is 0 Å². The Morgan fingerprint density at radius 3 is 2.65 bits per heavy atom. The summed E-state index contributed by atoms with van der Waals surface area (Å²) in [4.78, 5) is 0. The van der Waals surface area contributed by atoms with Crippen LogP contribution in [0, 0.1) is 6.92 Å². The van der Waals surface area contributed by atoms with Gasteiger partial charge in [0.05, 0.1) is 6.61 Å². The number of para-hydroxylation sites is 1. The van der Waals surface area contributed by atoms with E-state index in [0.29, 0.717) is 12.0 Å². The lowest BCUT2D eigenvalue weighted by molar-refractivity contribution is 0.301. The standard InChI is InChI=1S/C18H21NO/c1-3-19-18(14-10-8-13(2)9-11-14)16-12-20-17-7-5-4-6-15(16)17/h4-11,16,18-19H,3,12H2,1-2H3. The molecule has 0 saturated carbocycles. The molecule has 20 heavy (non-hydrogen) atoms. The van der Waals surface area contributed by atoms with Crippen LogP contribution in [0.2, 0.25) is 0 Å². The second-order valence-electron chi connectivity index (χ2n) is 5.40. The molecule has 0 radical (unpaired) electrons. The zero-order chi connectivity index (χ0) is 13.9. The number of aryl methyl sites for hydroxylation is 1. The first-order chi connectivity index (χ1) is 9.79. The van der Waals surface area contributed by atoms with Gasteiger partial charge in [-0.3, -0.25) is 0 Å². The minimum absolute atomic E-state index is 0.309. The predicted molar refractivity (Wildman–Crippen MR) is 82.3 cm³/mol. The summed E-state index contributed by atoms with van der Waals surface area (Å²) in [5, 5.41) is 3.62. The molecule has 2 unspecified atom stereocenters. The Morgan fingerprint density at radius 2 is 1.90 bits per heavy atom. The van der Waals surface area contributed by atoms with Crippen LogP contribution in [0.15, 0.2) is 48.5 Å². The minimum atomic E-state index is 0.309. The smallest absolute Gasteiger partial charge is 0.122 e. The van der Waals surface area contributed by atoms with Crippen LogP contribution >= 0.6 is 0 Å². The molecule has 2 heteroatoms. The van der Waals surface area contributed by atoms with Gasteiger partial charge in [0.1, 0.15) is 5.75 Å². The first-order valence-corrected chi connectivity index (χ1v) is 7.31. The molecule has 0 fully saturated rings. The molecular weight excluding hydrogens is 246 g/mol. The highest BCUT2D eigenvalue weighted by atomic mass is 16.5. The van der Waals surface area contributed by atoms with Crippen molar-refractivity contribution in [2.24, 2.45) is 0 Å². The van der Waals surface area contributed by atoms with Crippen molar-refractivity contribution in [3.8, 4) is 5.75 Å². The molecule has 1 aliphatic heterocycles. The van der Waals surface area contributed by atoms with Crippen molar-refractivity contribution in [1.29, 1.82) is 0 Å². The molecule has 1 aliphatic rings. The molecule has 104 valence electrons. The van der Waals surface area contributed by atoms with E-state index in [1.165, 1.54) is 16.7 Å². The molecule has 2 aromatic carbocycles. The Bertz CT molecular complexity index is 576. The van der Waals surface area contributed by atoms with Crippen LogP contribution in [-0.2, 0) is 0 Å². The molecule has 1 N–H and O–H groups in total. The summed E-state index contributed by atoms with van der Waals surface area (Å²) in [6, 6.07) is 17.5. The van der Waals surface area contributed by atoms with Crippen molar-refractivity contribution in [2.75, 3.05) is 13.2 Å². The van der Waals surface area contributed by atoms with Crippen LogP contribution in [0.1, 0.15) is 35.6 Å². The van der Waals surface area contributed by atoms with E-state index in [9.17, 15) is 0 Å². The third kappa shape index (κ3) is 2.44. The summed E-state index contributed by atoms with van der Waals surface area (Å²) in [5.41, 5.74) is 3.95. The summed E-state index contributed by atoms with van der Waals surface area (Å²) in [6.45, 7) is 5.99. The lowest BCUT2D eigenvalue weighted by Crippen LogP contribution is -2.27. The van der Waals surface area contributed by atoms with Crippen LogP contribution < -0.4 is 10.1 Å². The molecule has 0 amide bonds. The first-order valence-electron chi connectivity index (χ1n) is 7.31. The Balaban J connectivity index is 1.94. The first kappa shape index (κ1) is 13.2. The lowest BCUT2D eigenvalue weighted by Gasteiger charge is -2.24. The van der Waals surface area contributed by atoms with Gasteiger partial charge >= 0.3 is 0 Å². The average Bonchev–Trinajstić information content (AvgIpc) is 2.90. The molecule has 1 heterocycles. The van der Waals surface area contributed by atoms with Crippen LogP contribution in [0.25, 0.3) is 0 Å². The second kappa shape index (κ2) is 5.68. The summed E-state index contributed by atoms with van der Waals surface area (Å²) in [5.74, 6) is 1.42. The summed E-state index contributed by atoms with van der Waals surface area (Å²) in [6.07, 6.45) is 0. The van der Waals surface area contributed by atoms with Gasteiger partial charge < -0.3 is 10.1 Å². The third-order valence-corrected chi connectivity index (χ3v) is 4.00. The van der Waals surface area contributed by atoms with Gasteiger partial charge in [-0.15, -0.1) is 0 Å². The van der Waals surface area contributed by atoms with E-state index in [2.05, 4.69) is 61.6 Å². The highest BCUT2D eigenvalue weighted by Crippen LogP contribution is 2.41. The van der Waals surface area contributed by atoms with Crippen molar-refractivity contribution in [2.45, 2.75) is 25.8 Å². The summed E-state index contributed by atoms with van der Waals surface area (Å²) >= 11 is 0. The van der Waals surface area contributed by atoms with Gasteiger partial charge in [0.2, 0.25) is 0 Å². The van der Waals surface area contributed by atoms with E-state index in [-0.39, 0.29) is 0 Å². The fourth-order valence-corrected chi connectivity index (χ4v) is 2.95. The minimum Gasteiger partial charge on any atom is -0.493 e. The number of fused-ring (bicyclic) bond motifs is 1. The maximum Gasteiger partial charge on any atom is 0.122 e. The molecular formula is C18H21NO. The van der Waals surface area contributed by atoms with E-state index in [4.69, 9.17) is 4.74 Å². The molecule has 3 rings (SSSR count). The fraction of sp³-hybridized carbons (Fsp3) is 0.333. The Labute approximate surface area is 120 Å². The van der Waals surface area contributed by atoms with Gasteiger partial charge in [-0.2, -0.15) is 0 Å². The van der Waals surface area contributed by atoms with Crippen LogP contribution in [0.4, 0.5) is 0 Å². The molecule has 2 atom stereocenters. The second-order valence-corrected chi connectivity index (χ2v) is 5.40. The number of likely N-dealkylation sites (N-methyl/N-ethyl adjacent to an activating group) is 1. The maximum atomic E-state index is 5.84. The van der Waals surface area contributed by atoms with E-state index in [1.54, 1.807) is 0 Å². The molecule has 0 aromatic heterocycles. The van der Waals surface area contributed by atoms with Crippen molar-refractivity contribution < 1.29 is 4.74 Å². The Hall–Kier alpha value is -1.80. The number of benzene rings is 2. The predicted octanol–water partition coefficient (Wildman–Crippen LogP) is 3.82. The highest BCUT2D eigenvalue weighted by Gasteiger charge is 2.31. The van der Waals surface area contributed by atoms with Crippen LogP contribution in [0.5, 0.6) is 5.75 Å². The van der Waals surface area contributed by atoms with Crippen molar-refractivity contribution in [3.05, 3.63) is 65.2 Å². The fourth-order valence-electron chi connectivity index (χ4n) is 2.95. The normalized spacial score (nSPS) is 18.4. The molecule has 0 aliphatic carbocycles. The van der Waals surface area contributed by atoms with Gasteiger partial charge in [0, 0.05) is 17.5 Å². The molecule has 0 bridgehead atoms. The zero-order valence-corrected chi connectivity index (χ0v) is 12.1. The third-order valence-electron chi connectivity index (χ3n) is 4.00. The summed E-state index contributed by atoms with van der Waals surface area (Å²) in [7, 11) is 0. The van der Waals surface area contributed by atoms with Crippen molar-refractivity contribution >= 4 is 0 Å². The van der Waals surface area contributed by atoms with E-state index < -0.39 is 0 Å². The van der Waals surface area contributed by atoms with E-state index in [1.807, 2.05) is 6.07 Å². The molecule has 0 spiro atoms. The number of ether oxygens (including phenoxy) is 1. The number of hydrogen-bond donors (Lipinski definition) is 1. The lowest BCUT2D eigenvalue weighted by atomic mass is 9.88. The maximum absolute atomic E-state index is 5.84. The van der Waals surface area contributed by atoms with E-state index in [0.717, 1.165) is 18.9 Å². The van der Waals surface area contributed by atoms with Crippen LogP contribution in [-0.4, -0.2) is 13.2 Å². The zero-order valence-electron chi connectivity index (χ0n) is 12.1. The molecule has 2 aromatic rings. The van der Waals surface area contributed by atoms with Crippen LogP contribution in [0.3, 0.4) is 0 Å². The van der Waals surface area contributed by atoms with Gasteiger partial charge in [0.25, 0.3) is 0 Å². The Morgan fingerprint density at radius 1 is 1.15 bits per heavy atom. The van der Waals surface area contributed by atoms with Gasteiger partial charge in [0.15, 0.2) is 0 Å². The molecule has 2 nitrogen and oxygen atoms in total. The largest absolute Gasteiger partial charge is 0.493 e. The Kier molecular flexibility index (Phi) is 3.75. The topological polar surface area (TPSA) is 21.3 Å². The summed E-state index contributed by atoms with van der Waals surface area (Å²) < 4.78 is 5.84. The van der Waals surface area contributed by atoms with Crippen molar-refractivity contribution in [1.82, 2.24) is 5.32 Å². The molecule has 0 saturated heterocycles. The number of rotatable bonds is 4. The average molecular weight is 267 g/mol. The monoisotopic (exact) mass is 267 g/mol. The SMILES string of the molecule is CCNC(c1ccc(C)cc1)C1COc2ccccc21. The van der Waals surface area contributed by atoms with Gasteiger partial charge in [-0.1, -0.05) is 55.0 Å². The van der Waals surface area contributed by atoms with Crippen molar-refractivity contribution in [3.63, 3.8) is 0 Å². The van der Waals surface area contributed by atoms with E-state index >= 15 is 0 Å². The van der Waals surface area contributed by atoms with Gasteiger partial charge in [-0.05, 0) is 25.1 Å².